The number of hydrogen-bond donors (Lipinski definition) is 1. The molecule has 2 rings (SSSR count). The van der Waals surface area contributed by atoms with Crippen LogP contribution in [0.3, 0.4) is 0 Å². The van der Waals surface area contributed by atoms with Crippen LogP contribution in [0.5, 0.6) is 0 Å². The summed E-state index contributed by atoms with van der Waals surface area (Å²) in [6.45, 7) is 13.2. The molecule has 5 heteroatoms. The maximum atomic E-state index is 12.0. The average Bonchev–Trinajstić information content (AvgIpc) is 2.66. The molecule has 0 saturated carbocycles. The Morgan fingerprint density at radius 3 is 2.52 bits per heavy atom. The van der Waals surface area contributed by atoms with Crippen molar-refractivity contribution in [2.75, 3.05) is 45.8 Å². The number of amides is 1. The fourth-order valence-electron chi connectivity index (χ4n) is 3.07. The summed E-state index contributed by atoms with van der Waals surface area (Å²) < 4.78 is 5.45. The Hall–Kier alpha value is -0.810. The van der Waals surface area contributed by atoms with Crippen LogP contribution in [0, 0.1) is 5.92 Å². The first kappa shape index (κ1) is 16.6. The Bertz CT molecular complexity index is 325. The van der Waals surface area contributed by atoms with Gasteiger partial charge in [-0.2, -0.15) is 0 Å². The molecule has 2 saturated heterocycles. The summed E-state index contributed by atoms with van der Waals surface area (Å²) in [6, 6.07) is 0. The van der Waals surface area contributed by atoms with Crippen LogP contribution in [-0.2, 0) is 4.74 Å². The first-order chi connectivity index (χ1) is 9.94. The van der Waals surface area contributed by atoms with E-state index in [-0.39, 0.29) is 6.09 Å². The predicted octanol–water partition coefficient (Wildman–Crippen LogP) is 1.93. The zero-order chi connectivity index (χ0) is 15.3. The summed E-state index contributed by atoms with van der Waals surface area (Å²) in [5.74, 6) is 0.724. The number of hydrogen-bond acceptors (Lipinski definition) is 4. The number of rotatable bonds is 2. The van der Waals surface area contributed by atoms with E-state index in [4.69, 9.17) is 4.74 Å². The van der Waals surface area contributed by atoms with E-state index in [2.05, 4.69) is 10.2 Å². The zero-order valence-corrected chi connectivity index (χ0v) is 13.9. The van der Waals surface area contributed by atoms with Crippen molar-refractivity contribution in [3.63, 3.8) is 0 Å². The Kier molecular flexibility index (Phi) is 5.88. The first-order valence-electron chi connectivity index (χ1n) is 8.35. The van der Waals surface area contributed by atoms with E-state index in [1.54, 1.807) is 0 Å². The van der Waals surface area contributed by atoms with Gasteiger partial charge >= 0.3 is 6.09 Å². The molecular formula is C16H31N3O2. The van der Waals surface area contributed by atoms with Gasteiger partial charge in [-0.15, -0.1) is 0 Å². The van der Waals surface area contributed by atoms with Gasteiger partial charge in [0.05, 0.1) is 0 Å². The summed E-state index contributed by atoms with van der Waals surface area (Å²) in [5.41, 5.74) is -0.396. The molecule has 0 aromatic carbocycles. The van der Waals surface area contributed by atoms with Crippen molar-refractivity contribution < 1.29 is 9.53 Å². The van der Waals surface area contributed by atoms with Crippen LogP contribution in [-0.4, -0.2) is 67.3 Å². The summed E-state index contributed by atoms with van der Waals surface area (Å²) in [6.07, 6.45) is 3.29. The number of nitrogens with zero attached hydrogens (tertiary/aromatic N) is 2. The quantitative estimate of drug-likeness (QED) is 0.846. The van der Waals surface area contributed by atoms with Gasteiger partial charge in [0.2, 0.25) is 0 Å². The second kappa shape index (κ2) is 7.45. The van der Waals surface area contributed by atoms with Crippen LogP contribution < -0.4 is 5.32 Å². The van der Waals surface area contributed by atoms with Crippen molar-refractivity contribution in [2.24, 2.45) is 5.92 Å². The highest BCUT2D eigenvalue weighted by molar-refractivity contribution is 5.68. The van der Waals surface area contributed by atoms with Crippen LogP contribution in [0.15, 0.2) is 0 Å². The molecule has 0 aliphatic carbocycles. The van der Waals surface area contributed by atoms with Crippen molar-refractivity contribution in [1.82, 2.24) is 15.1 Å². The van der Waals surface area contributed by atoms with E-state index >= 15 is 0 Å². The van der Waals surface area contributed by atoms with Gasteiger partial charge in [0.15, 0.2) is 0 Å². The molecule has 0 aromatic heterocycles. The highest BCUT2D eigenvalue weighted by Gasteiger charge is 2.27. The maximum absolute atomic E-state index is 12.0. The van der Waals surface area contributed by atoms with Crippen molar-refractivity contribution >= 4 is 6.09 Å². The van der Waals surface area contributed by atoms with Crippen molar-refractivity contribution in [3.8, 4) is 0 Å². The highest BCUT2D eigenvalue weighted by Crippen LogP contribution is 2.20. The third kappa shape index (κ3) is 5.83. The van der Waals surface area contributed by atoms with E-state index in [9.17, 15) is 4.79 Å². The minimum Gasteiger partial charge on any atom is -0.444 e. The topological polar surface area (TPSA) is 44.8 Å². The molecule has 2 aliphatic heterocycles. The van der Waals surface area contributed by atoms with Gasteiger partial charge in [-0.1, -0.05) is 0 Å². The Balaban J connectivity index is 1.71. The largest absolute Gasteiger partial charge is 0.444 e. The monoisotopic (exact) mass is 297 g/mol. The van der Waals surface area contributed by atoms with Gasteiger partial charge in [-0.3, -0.25) is 0 Å². The molecule has 1 N–H and O–H groups in total. The van der Waals surface area contributed by atoms with E-state index in [1.807, 2.05) is 25.7 Å². The van der Waals surface area contributed by atoms with Crippen molar-refractivity contribution in [1.29, 1.82) is 0 Å². The average molecular weight is 297 g/mol. The second-order valence-electron chi connectivity index (χ2n) is 7.31. The summed E-state index contributed by atoms with van der Waals surface area (Å²) in [7, 11) is 0. The molecule has 0 bridgehead atoms. The van der Waals surface area contributed by atoms with Crippen LogP contribution in [0.4, 0.5) is 4.79 Å². The van der Waals surface area contributed by atoms with Gasteiger partial charge < -0.3 is 19.9 Å². The lowest BCUT2D eigenvalue weighted by Gasteiger charge is -2.35. The van der Waals surface area contributed by atoms with Gasteiger partial charge in [0.1, 0.15) is 5.60 Å². The van der Waals surface area contributed by atoms with E-state index in [0.717, 1.165) is 51.5 Å². The number of carbonyl (C=O) groups excluding carboxylic acids is 1. The molecule has 0 aromatic rings. The van der Waals surface area contributed by atoms with Crippen molar-refractivity contribution in [3.05, 3.63) is 0 Å². The molecule has 2 aliphatic rings. The fraction of sp³-hybridized carbons (Fsp3) is 0.938. The Labute approximate surface area is 129 Å². The van der Waals surface area contributed by atoms with Crippen LogP contribution in [0.1, 0.15) is 40.0 Å². The van der Waals surface area contributed by atoms with Gasteiger partial charge in [-0.25, -0.2) is 4.79 Å². The molecule has 5 nitrogen and oxygen atoms in total. The lowest BCUT2D eigenvalue weighted by atomic mass is 9.96. The van der Waals surface area contributed by atoms with Gasteiger partial charge in [-0.05, 0) is 59.0 Å². The molecule has 0 radical (unpaired) electrons. The molecule has 0 atom stereocenters. The first-order valence-corrected chi connectivity index (χ1v) is 8.35. The highest BCUT2D eigenvalue weighted by atomic mass is 16.6. The smallest absolute Gasteiger partial charge is 0.410 e. The van der Waals surface area contributed by atoms with Gasteiger partial charge in [0.25, 0.3) is 0 Å². The SMILES string of the molecule is CC(C)(C)OC(=O)N1CCC(CN2CCCNCC2)CC1. The lowest BCUT2D eigenvalue weighted by molar-refractivity contribution is 0.0170. The molecule has 122 valence electrons. The second-order valence-corrected chi connectivity index (χ2v) is 7.31. The fourth-order valence-corrected chi connectivity index (χ4v) is 3.07. The number of nitrogens with one attached hydrogen (secondary N) is 1. The maximum Gasteiger partial charge on any atom is 0.410 e. The predicted molar refractivity (Wildman–Crippen MR) is 84.5 cm³/mol. The molecule has 1 amide bonds. The Morgan fingerprint density at radius 1 is 1.14 bits per heavy atom. The van der Waals surface area contributed by atoms with E-state index in [1.165, 1.54) is 19.5 Å². The third-order valence-electron chi connectivity index (χ3n) is 4.22. The minimum atomic E-state index is -0.396. The molecule has 2 heterocycles. The summed E-state index contributed by atoms with van der Waals surface area (Å²) >= 11 is 0. The number of ether oxygens (including phenoxy) is 1. The van der Waals surface area contributed by atoms with Crippen molar-refractivity contribution in [2.45, 2.75) is 45.6 Å². The standard InChI is InChI=1S/C16H31N3O2/c1-16(2,3)21-15(20)19-10-5-14(6-11-19)13-18-9-4-7-17-8-12-18/h14,17H,4-13H2,1-3H3. The van der Waals surface area contributed by atoms with Crippen LogP contribution >= 0.6 is 0 Å². The van der Waals surface area contributed by atoms with Crippen LogP contribution in [0.25, 0.3) is 0 Å². The van der Waals surface area contributed by atoms with Crippen LogP contribution in [0.2, 0.25) is 0 Å². The summed E-state index contributed by atoms with van der Waals surface area (Å²) in [4.78, 5) is 16.5. The summed E-state index contributed by atoms with van der Waals surface area (Å²) in [5, 5.41) is 3.45. The molecule has 0 unspecified atom stereocenters. The number of likely N-dealkylation sites (tertiary alicyclic amines) is 1. The molecule has 2 fully saturated rings. The number of piperidine rings is 1. The molecular weight excluding hydrogens is 266 g/mol. The third-order valence-corrected chi connectivity index (χ3v) is 4.22. The number of carbonyl (C=O) groups is 1. The lowest BCUT2D eigenvalue weighted by Crippen LogP contribution is -2.44. The van der Waals surface area contributed by atoms with E-state index < -0.39 is 5.60 Å². The minimum absolute atomic E-state index is 0.153. The van der Waals surface area contributed by atoms with Gasteiger partial charge in [0, 0.05) is 32.7 Å². The molecule has 0 spiro atoms. The Morgan fingerprint density at radius 2 is 1.86 bits per heavy atom. The zero-order valence-electron chi connectivity index (χ0n) is 13.9. The molecule has 21 heavy (non-hydrogen) atoms. The van der Waals surface area contributed by atoms with E-state index in [0.29, 0.717) is 0 Å². The normalized spacial score (nSPS) is 22.9.